The van der Waals surface area contributed by atoms with E-state index in [0.717, 1.165) is 36.0 Å². The average molecular weight is 360 g/mol. The predicted octanol–water partition coefficient (Wildman–Crippen LogP) is 4.40. The van der Waals surface area contributed by atoms with Gasteiger partial charge in [-0.2, -0.15) is 0 Å². The SMILES string of the molecule is CC(C)(C)OC(=O)N1CCC[C@@H](c2csc(Nc3ccccn3)n2)C1. The molecule has 7 heteroatoms. The van der Waals surface area contributed by atoms with Crippen molar-refractivity contribution >= 4 is 28.4 Å². The highest BCUT2D eigenvalue weighted by Gasteiger charge is 2.29. The summed E-state index contributed by atoms with van der Waals surface area (Å²) in [7, 11) is 0. The van der Waals surface area contributed by atoms with E-state index in [0.29, 0.717) is 6.54 Å². The Kier molecular flexibility index (Phi) is 5.22. The lowest BCUT2D eigenvalue weighted by Crippen LogP contribution is -2.42. The second-order valence-electron chi connectivity index (χ2n) is 7.18. The van der Waals surface area contributed by atoms with E-state index in [-0.39, 0.29) is 12.0 Å². The molecule has 0 aliphatic carbocycles. The van der Waals surface area contributed by atoms with Crippen molar-refractivity contribution in [3.8, 4) is 0 Å². The summed E-state index contributed by atoms with van der Waals surface area (Å²) in [6.07, 6.45) is 3.51. The number of nitrogens with one attached hydrogen (secondary N) is 1. The summed E-state index contributed by atoms with van der Waals surface area (Å²) in [6, 6.07) is 5.72. The fourth-order valence-electron chi connectivity index (χ4n) is 2.79. The van der Waals surface area contributed by atoms with E-state index in [2.05, 4.69) is 20.7 Å². The molecule has 3 rings (SSSR count). The lowest BCUT2D eigenvalue weighted by atomic mass is 9.96. The zero-order valence-electron chi connectivity index (χ0n) is 14.9. The number of anilines is 2. The largest absolute Gasteiger partial charge is 0.444 e. The van der Waals surface area contributed by atoms with Crippen molar-refractivity contribution < 1.29 is 9.53 Å². The number of thiazole rings is 1. The second-order valence-corrected chi connectivity index (χ2v) is 8.04. The van der Waals surface area contributed by atoms with Gasteiger partial charge in [0, 0.05) is 30.6 Å². The van der Waals surface area contributed by atoms with Gasteiger partial charge in [-0.3, -0.25) is 0 Å². The minimum atomic E-state index is -0.468. The van der Waals surface area contributed by atoms with Crippen molar-refractivity contribution in [2.24, 2.45) is 0 Å². The van der Waals surface area contributed by atoms with Gasteiger partial charge >= 0.3 is 6.09 Å². The van der Waals surface area contributed by atoms with Crippen LogP contribution >= 0.6 is 11.3 Å². The Morgan fingerprint density at radius 2 is 2.24 bits per heavy atom. The highest BCUT2D eigenvalue weighted by molar-refractivity contribution is 7.13. The topological polar surface area (TPSA) is 67.3 Å². The van der Waals surface area contributed by atoms with E-state index in [4.69, 9.17) is 4.74 Å². The van der Waals surface area contributed by atoms with Crippen LogP contribution in [0.3, 0.4) is 0 Å². The highest BCUT2D eigenvalue weighted by atomic mass is 32.1. The normalized spacial score (nSPS) is 18.0. The van der Waals surface area contributed by atoms with Gasteiger partial charge in [0.2, 0.25) is 0 Å². The van der Waals surface area contributed by atoms with Crippen molar-refractivity contribution in [3.63, 3.8) is 0 Å². The molecule has 0 spiro atoms. The zero-order chi connectivity index (χ0) is 17.9. The Bertz CT molecular complexity index is 711. The van der Waals surface area contributed by atoms with Gasteiger partial charge in [-0.1, -0.05) is 6.07 Å². The van der Waals surface area contributed by atoms with Gasteiger partial charge in [0.25, 0.3) is 0 Å². The number of rotatable bonds is 3. The van der Waals surface area contributed by atoms with Crippen LogP contribution in [0.15, 0.2) is 29.8 Å². The fourth-order valence-corrected chi connectivity index (χ4v) is 3.59. The molecular formula is C18H24N4O2S. The molecule has 3 heterocycles. The number of piperidine rings is 1. The molecule has 1 N–H and O–H groups in total. The van der Waals surface area contributed by atoms with Crippen LogP contribution in [0.1, 0.15) is 45.2 Å². The summed E-state index contributed by atoms with van der Waals surface area (Å²) in [5.41, 5.74) is 0.557. The molecular weight excluding hydrogens is 336 g/mol. The van der Waals surface area contributed by atoms with Crippen molar-refractivity contribution in [1.82, 2.24) is 14.9 Å². The molecule has 2 aromatic rings. The van der Waals surface area contributed by atoms with Gasteiger partial charge in [-0.25, -0.2) is 14.8 Å². The lowest BCUT2D eigenvalue weighted by Gasteiger charge is -2.33. The van der Waals surface area contributed by atoms with Crippen LogP contribution in [0.2, 0.25) is 0 Å². The first-order valence-corrected chi connectivity index (χ1v) is 9.40. The minimum absolute atomic E-state index is 0.237. The van der Waals surface area contributed by atoms with Crippen LogP contribution in [0.25, 0.3) is 0 Å². The smallest absolute Gasteiger partial charge is 0.410 e. The Morgan fingerprint density at radius 1 is 1.40 bits per heavy atom. The van der Waals surface area contributed by atoms with Crippen LogP contribution in [0.4, 0.5) is 15.7 Å². The molecule has 0 unspecified atom stereocenters. The number of nitrogens with zero attached hydrogens (tertiary/aromatic N) is 3. The Balaban J connectivity index is 1.63. The number of pyridine rings is 1. The average Bonchev–Trinajstić information content (AvgIpc) is 3.03. The Labute approximate surface area is 152 Å². The van der Waals surface area contributed by atoms with E-state index in [1.165, 1.54) is 0 Å². The van der Waals surface area contributed by atoms with Crippen molar-refractivity contribution in [1.29, 1.82) is 0 Å². The summed E-state index contributed by atoms with van der Waals surface area (Å²) in [4.78, 5) is 23.0. The van der Waals surface area contributed by atoms with E-state index < -0.39 is 5.60 Å². The zero-order valence-corrected chi connectivity index (χ0v) is 15.7. The molecule has 0 radical (unpaired) electrons. The number of carbonyl (C=O) groups excluding carboxylic acids is 1. The Hall–Kier alpha value is -2.15. The van der Waals surface area contributed by atoms with Gasteiger partial charge in [0.05, 0.1) is 5.69 Å². The molecule has 25 heavy (non-hydrogen) atoms. The number of amides is 1. The summed E-state index contributed by atoms with van der Waals surface area (Å²) < 4.78 is 5.49. The number of aromatic nitrogens is 2. The van der Waals surface area contributed by atoms with Gasteiger partial charge < -0.3 is 15.0 Å². The lowest BCUT2D eigenvalue weighted by molar-refractivity contribution is 0.0197. The second kappa shape index (κ2) is 7.39. The molecule has 1 fully saturated rings. The summed E-state index contributed by atoms with van der Waals surface area (Å²) in [5, 5.41) is 6.11. The molecule has 0 bridgehead atoms. The first-order chi connectivity index (χ1) is 11.9. The summed E-state index contributed by atoms with van der Waals surface area (Å²) >= 11 is 1.56. The third-order valence-corrected chi connectivity index (χ3v) is 4.69. The third kappa shape index (κ3) is 4.92. The van der Waals surface area contributed by atoms with Crippen LogP contribution in [0.5, 0.6) is 0 Å². The van der Waals surface area contributed by atoms with Crippen molar-refractivity contribution in [3.05, 3.63) is 35.5 Å². The van der Waals surface area contributed by atoms with Crippen molar-refractivity contribution in [2.75, 3.05) is 18.4 Å². The summed E-state index contributed by atoms with van der Waals surface area (Å²) in [5.74, 6) is 1.03. The number of carbonyl (C=O) groups is 1. The van der Waals surface area contributed by atoms with E-state index in [9.17, 15) is 4.79 Å². The third-order valence-electron chi connectivity index (χ3n) is 3.91. The van der Waals surface area contributed by atoms with E-state index in [1.807, 2.05) is 39.0 Å². The molecule has 0 saturated carbocycles. The maximum atomic E-state index is 12.3. The van der Waals surface area contributed by atoms with Gasteiger partial charge in [-0.15, -0.1) is 11.3 Å². The molecule has 1 saturated heterocycles. The highest BCUT2D eigenvalue weighted by Crippen LogP contribution is 2.31. The monoisotopic (exact) mass is 360 g/mol. The predicted molar refractivity (Wildman–Crippen MR) is 99.4 cm³/mol. The maximum absolute atomic E-state index is 12.3. The first kappa shape index (κ1) is 17.7. The molecule has 134 valence electrons. The molecule has 1 aliphatic heterocycles. The molecule has 1 amide bonds. The summed E-state index contributed by atoms with van der Waals surface area (Å²) in [6.45, 7) is 7.07. The molecule has 2 aromatic heterocycles. The van der Waals surface area contributed by atoms with E-state index >= 15 is 0 Å². The molecule has 0 aromatic carbocycles. The first-order valence-electron chi connectivity index (χ1n) is 8.52. The minimum Gasteiger partial charge on any atom is -0.444 e. The van der Waals surface area contributed by atoms with Gasteiger partial charge in [-0.05, 0) is 45.7 Å². The standard InChI is InChI=1S/C18H24N4O2S/c1-18(2,3)24-17(23)22-10-6-7-13(11-22)14-12-25-16(20-14)21-15-8-4-5-9-19-15/h4-5,8-9,12-13H,6-7,10-11H2,1-3H3,(H,19,20,21)/t13-/m1/s1. The van der Waals surface area contributed by atoms with Gasteiger partial charge in [0.1, 0.15) is 11.4 Å². The van der Waals surface area contributed by atoms with Crippen LogP contribution in [0, 0.1) is 0 Å². The van der Waals surface area contributed by atoms with Crippen LogP contribution in [-0.4, -0.2) is 39.7 Å². The van der Waals surface area contributed by atoms with E-state index in [1.54, 1.807) is 22.4 Å². The number of hydrogen-bond acceptors (Lipinski definition) is 6. The van der Waals surface area contributed by atoms with Crippen LogP contribution in [-0.2, 0) is 4.74 Å². The molecule has 6 nitrogen and oxygen atoms in total. The number of ether oxygens (including phenoxy) is 1. The van der Waals surface area contributed by atoms with Crippen LogP contribution < -0.4 is 5.32 Å². The Morgan fingerprint density at radius 3 is 2.96 bits per heavy atom. The quantitative estimate of drug-likeness (QED) is 0.879. The molecule has 1 atom stereocenters. The van der Waals surface area contributed by atoms with Crippen molar-refractivity contribution in [2.45, 2.75) is 45.1 Å². The number of likely N-dealkylation sites (tertiary alicyclic amines) is 1. The maximum Gasteiger partial charge on any atom is 0.410 e. The number of hydrogen-bond donors (Lipinski definition) is 1. The van der Waals surface area contributed by atoms with Gasteiger partial charge in [0.15, 0.2) is 5.13 Å². The molecule has 1 aliphatic rings. The fraction of sp³-hybridized carbons (Fsp3) is 0.500.